The molecule has 0 saturated carbocycles. The highest BCUT2D eigenvalue weighted by Crippen LogP contribution is 2.15. The van der Waals surface area contributed by atoms with Crippen molar-refractivity contribution in [3.63, 3.8) is 0 Å². The summed E-state index contributed by atoms with van der Waals surface area (Å²) in [6.07, 6.45) is 2.30. The monoisotopic (exact) mass is 378 g/mol. The zero-order valence-corrected chi connectivity index (χ0v) is 14.5. The Bertz CT molecular complexity index is 841. The zero-order valence-electron chi connectivity index (χ0n) is 14.5. The number of halogens is 4. The molecule has 0 unspecified atom stereocenters. The number of hydrogen-bond donors (Lipinski definition) is 0. The van der Waals surface area contributed by atoms with Crippen LogP contribution in [0.25, 0.3) is 6.08 Å². The molecule has 0 aromatic heterocycles. The van der Waals surface area contributed by atoms with Crippen molar-refractivity contribution in [3.05, 3.63) is 76.9 Å². The van der Waals surface area contributed by atoms with Gasteiger partial charge < -0.3 is 4.90 Å². The van der Waals surface area contributed by atoms with E-state index in [1.807, 2.05) is 4.90 Å². The Morgan fingerprint density at radius 1 is 0.889 bits per heavy atom. The summed E-state index contributed by atoms with van der Waals surface area (Å²) in [4.78, 5) is 15.8. The van der Waals surface area contributed by atoms with E-state index in [2.05, 4.69) is 0 Å². The molecule has 3 nitrogen and oxygen atoms in total. The van der Waals surface area contributed by atoms with Crippen LogP contribution in [-0.4, -0.2) is 41.9 Å². The summed E-state index contributed by atoms with van der Waals surface area (Å²) < 4.78 is 53.4. The van der Waals surface area contributed by atoms with E-state index in [1.54, 1.807) is 4.90 Å². The molecule has 0 atom stereocenters. The Morgan fingerprint density at radius 2 is 1.56 bits per heavy atom. The van der Waals surface area contributed by atoms with Gasteiger partial charge in [0.1, 0.15) is 11.6 Å². The van der Waals surface area contributed by atoms with E-state index in [1.165, 1.54) is 18.2 Å². The molecule has 0 bridgehead atoms. The summed E-state index contributed by atoms with van der Waals surface area (Å²) in [5.74, 6) is -3.55. The molecule has 0 N–H and O–H groups in total. The van der Waals surface area contributed by atoms with E-state index in [0.29, 0.717) is 38.3 Å². The quantitative estimate of drug-likeness (QED) is 0.600. The van der Waals surface area contributed by atoms with Crippen LogP contribution in [0.2, 0.25) is 0 Å². The summed E-state index contributed by atoms with van der Waals surface area (Å²) in [6.45, 7) is 2.45. The van der Waals surface area contributed by atoms with Gasteiger partial charge >= 0.3 is 0 Å². The standard InChI is InChI=1S/C20H18F4N2O/c21-16-2-1-3-17(22)15(16)5-7-20(27)26-10-8-25(9-11-26)13-14-4-6-18(23)19(24)12-14/h1-7,12H,8-11,13H2. The number of rotatable bonds is 4. The molecule has 1 fully saturated rings. The Kier molecular flexibility index (Phi) is 5.91. The molecule has 142 valence electrons. The van der Waals surface area contributed by atoms with Crippen molar-refractivity contribution in [1.29, 1.82) is 0 Å². The molecule has 1 aliphatic heterocycles. The molecule has 2 aromatic rings. The van der Waals surface area contributed by atoms with Crippen molar-refractivity contribution in [1.82, 2.24) is 9.80 Å². The predicted molar refractivity (Wildman–Crippen MR) is 93.6 cm³/mol. The summed E-state index contributed by atoms with van der Waals surface area (Å²) in [7, 11) is 0. The molecule has 0 aliphatic carbocycles. The van der Waals surface area contributed by atoms with E-state index in [-0.39, 0.29) is 11.5 Å². The Balaban J connectivity index is 1.54. The van der Waals surface area contributed by atoms with Gasteiger partial charge in [0.05, 0.1) is 0 Å². The molecular weight excluding hydrogens is 360 g/mol. The third-order valence-corrected chi connectivity index (χ3v) is 4.47. The van der Waals surface area contributed by atoms with Gasteiger partial charge in [0.2, 0.25) is 5.91 Å². The summed E-state index contributed by atoms with van der Waals surface area (Å²) in [6, 6.07) is 7.31. The molecule has 1 aliphatic rings. The maximum absolute atomic E-state index is 13.6. The average molecular weight is 378 g/mol. The average Bonchev–Trinajstić information content (AvgIpc) is 2.65. The molecule has 0 radical (unpaired) electrons. The van der Waals surface area contributed by atoms with Crippen LogP contribution in [0.1, 0.15) is 11.1 Å². The number of amides is 1. The van der Waals surface area contributed by atoms with Crippen molar-refractivity contribution in [3.8, 4) is 0 Å². The van der Waals surface area contributed by atoms with E-state index < -0.39 is 23.3 Å². The third kappa shape index (κ3) is 4.74. The highest BCUT2D eigenvalue weighted by atomic mass is 19.2. The summed E-state index contributed by atoms with van der Waals surface area (Å²) >= 11 is 0. The van der Waals surface area contributed by atoms with Crippen LogP contribution in [0, 0.1) is 23.3 Å². The van der Waals surface area contributed by atoms with Crippen molar-refractivity contribution in [2.75, 3.05) is 26.2 Å². The van der Waals surface area contributed by atoms with Gasteiger partial charge in [0.25, 0.3) is 0 Å². The Morgan fingerprint density at radius 3 is 2.19 bits per heavy atom. The number of carbonyl (C=O) groups is 1. The largest absolute Gasteiger partial charge is 0.337 e. The second kappa shape index (κ2) is 8.35. The molecule has 1 amide bonds. The van der Waals surface area contributed by atoms with Gasteiger partial charge in [-0.2, -0.15) is 0 Å². The lowest BCUT2D eigenvalue weighted by Crippen LogP contribution is -2.47. The Hall–Kier alpha value is -2.67. The molecule has 0 spiro atoms. The van der Waals surface area contributed by atoms with Crippen LogP contribution < -0.4 is 0 Å². The van der Waals surface area contributed by atoms with Gasteiger partial charge in [-0.1, -0.05) is 12.1 Å². The molecule has 3 rings (SSSR count). The van der Waals surface area contributed by atoms with Crippen molar-refractivity contribution < 1.29 is 22.4 Å². The SMILES string of the molecule is O=C(C=Cc1c(F)cccc1F)N1CCN(Cc2ccc(F)c(F)c2)CC1. The zero-order chi connectivity index (χ0) is 19.4. The maximum Gasteiger partial charge on any atom is 0.246 e. The van der Waals surface area contributed by atoms with Crippen LogP contribution in [0.15, 0.2) is 42.5 Å². The normalized spacial score (nSPS) is 15.5. The van der Waals surface area contributed by atoms with Crippen LogP contribution in [0.3, 0.4) is 0 Å². The van der Waals surface area contributed by atoms with E-state index in [4.69, 9.17) is 0 Å². The van der Waals surface area contributed by atoms with E-state index in [9.17, 15) is 22.4 Å². The first-order valence-electron chi connectivity index (χ1n) is 8.51. The van der Waals surface area contributed by atoms with E-state index >= 15 is 0 Å². The van der Waals surface area contributed by atoms with Crippen molar-refractivity contribution in [2.24, 2.45) is 0 Å². The fraction of sp³-hybridized carbons (Fsp3) is 0.250. The minimum absolute atomic E-state index is 0.247. The molecule has 1 saturated heterocycles. The van der Waals surface area contributed by atoms with Gasteiger partial charge in [-0.25, -0.2) is 17.6 Å². The number of piperazine rings is 1. The minimum Gasteiger partial charge on any atom is -0.337 e. The number of benzene rings is 2. The number of carbonyl (C=O) groups excluding carboxylic acids is 1. The number of hydrogen-bond acceptors (Lipinski definition) is 2. The van der Waals surface area contributed by atoms with Crippen molar-refractivity contribution in [2.45, 2.75) is 6.54 Å². The minimum atomic E-state index is -0.883. The van der Waals surface area contributed by atoms with Crippen LogP contribution in [0.4, 0.5) is 17.6 Å². The van der Waals surface area contributed by atoms with Gasteiger partial charge in [-0.3, -0.25) is 9.69 Å². The molecule has 1 heterocycles. The lowest BCUT2D eigenvalue weighted by Gasteiger charge is -2.34. The number of nitrogens with zero attached hydrogens (tertiary/aromatic N) is 2. The van der Waals surface area contributed by atoms with Crippen LogP contribution >= 0.6 is 0 Å². The van der Waals surface area contributed by atoms with Crippen LogP contribution in [-0.2, 0) is 11.3 Å². The topological polar surface area (TPSA) is 23.6 Å². The molecule has 27 heavy (non-hydrogen) atoms. The molecule has 2 aromatic carbocycles. The summed E-state index contributed by atoms with van der Waals surface area (Å²) in [5.41, 5.74) is 0.409. The maximum atomic E-state index is 13.6. The second-order valence-electron chi connectivity index (χ2n) is 6.32. The van der Waals surface area contributed by atoms with Crippen molar-refractivity contribution >= 4 is 12.0 Å². The lowest BCUT2D eigenvalue weighted by atomic mass is 10.1. The Labute approximate surface area is 154 Å². The lowest BCUT2D eigenvalue weighted by molar-refractivity contribution is -0.127. The first-order chi connectivity index (χ1) is 12.9. The van der Waals surface area contributed by atoms with Crippen LogP contribution in [0.5, 0.6) is 0 Å². The smallest absolute Gasteiger partial charge is 0.246 e. The first kappa shape index (κ1) is 19.1. The third-order valence-electron chi connectivity index (χ3n) is 4.47. The van der Waals surface area contributed by atoms with Gasteiger partial charge in [-0.05, 0) is 35.9 Å². The highest BCUT2D eigenvalue weighted by molar-refractivity contribution is 5.91. The summed E-state index contributed by atoms with van der Waals surface area (Å²) in [5, 5.41) is 0. The molecule has 7 heteroatoms. The van der Waals surface area contributed by atoms with E-state index in [0.717, 1.165) is 30.4 Å². The van der Waals surface area contributed by atoms with Gasteiger partial charge in [-0.15, -0.1) is 0 Å². The predicted octanol–water partition coefficient (Wildman–Crippen LogP) is 3.60. The highest BCUT2D eigenvalue weighted by Gasteiger charge is 2.20. The fourth-order valence-corrected chi connectivity index (χ4v) is 2.95. The molecular formula is C20H18F4N2O. The fourth-order valence-electron chi connectivity index (χ4n) is 2.95. The van der Waals surface area contributed by atoms with Gasteiger partial charge in [0, 0.05) is 44.4 Å². The first-order valence-corrected chi connectivity index (χ1v) is 8.51. The second-order valence-corrected chi connectivity index (χ2v) is 6.32. The van der Waals surface area contributed by atoms with Gasteiger partial charge in [0.15, 0.2) is 11.6 Å².